The molecular weight excluding hydrogens is 342 g/mol. The number of carbonyl (C=O) groups is 2. The number of benzene rings is 1. The summed E-state index contributed by atoms with van der Waals surface area (Å²) in [7, 11) is 0. The minimum Gasteiger partial charge on any atom is -0.480 e. The highest BCUT2D eigenvalue weighted by molar-refractivity contribution is 5.75. The van der Waals surface area contributed by atoms with Crippen LogP contribution in [0.2, 0.25) is 0 Å². The monoisotopic (exact) mass is 373 g/mol. The van der Waals surface area contributed by atoms with Gasteiger partial charge in [-0.3, -0.25) is 9.69 Å². The number of fused-ring (bicyclic) bond motifs is 1. The summed E-state index contributed by atoms with van der Waals surface area (Å²) in [6, 6.07) is 8.71. The predicted octanol–water partition coefficient (Wildman–Crippen LogP) is 2.89. The molecule has 2 unspecified atom stereocenters. The van der Waals surface area contributed by atoms with Gasteiger partial charge in [-0.05, 0) is 49.3 Å². The summed E-state index contributed by atoms with van der Waals surface area (Å²) < 4.78 is 0. The summed E-state index contributed by atoms with van der Waals surface area (Å²) in [5, 5.41) is 12.3. The van der Waals surface area contributed by atoms with E-state index < -0.39 is 5.97 Å². The zero-order valence-corrected chi connectivity index (χ0v) is 16.4. The van der Waals surface area contributed by atoms with E-state index in [0.29, 0.717) is 19.0 Å². The van der Waals surface area contributed by atoms with Gasteiger partial charge in [0.05, 0.1) is 12.6 Å². The molecule has 1 heterocycles. The van der Waals surface area contributed by atoms with E-state index in [0.717, 1.165) is 32.2 Å². The number of carboxylic acid groups (broad SMARTS) is 1. The van der Waals surface area contributed by atoms with Gasteiger partial charge in [-0.2, -0.15) is 0 Å². The van der Waals surface area contributed by atoms with Crippen LogP contribution in [0.15, 0.2) is 24.3 Å². The fourth-order valence-corrected chi connectivity index (χ4v) is 4.47. The van der Waals surface area contributed by atoms with Crippen LogP contribution in [-0.4, -0.2) is 59.1 Å². The quantitative estimate of drug-likeness (QED) is 0.832. The van der Waals surface area contributed by atoms with E-state index in [1.54, 1.807) is 0 Å². The number of amides is 2. The number of carboxylic acids is 1. The van der Waals surface area contributed by atoms with Crippen LogP contribution in [0.1, 0.15) is 50.3 Å². The molecule has 3 rings (SSSR count). The number of nitrogens with zero attached hydrogens (tertiary/aromatic N) is 2. The zero-order valence-electron chi connectivity index (χ0n) is 16.4. The van der Waals surface area contributed by atoms with Crippen LogP contribution in [0.3, 0.4) is 0 Å². The van der Waals surface area contributed by atoms with Crippen molar-refractivity contribution in [2.45, 2.75) is 51.6 Å². The van der Waals surface area contributed by atoms with Crippen molar-refractivity contribution in [1.82, 2.24) is 15.1 Å². The Morgan fingerprint density at radius 2 is 1.93 bits per heavy atom. The van der Waals surface area contributed by atoms with Crippen LogP contribution in [-0.2, 0) is 11.2 Å². The first kappa shape index (κ1) is 19.7. The molecule has 1 aliphatic heterocycles. The molecule has 2 atom stereocenters. The minimum absolute atomic E-state index is 0.00304. The van der Waals surface area contributed by atoms with Crippen molar-refractivity contribution in [2.75, 3.05) is 26.2 Å². The lowest BCUT2D eigenvalue weighted by molar-refractivity contribution is -0.139. The summed E-state index contributed by atoms with van der Waals surface area (Å²) in [5.74, 6) is -0.366. The van der Waals surface area contributed by atoms with Crippen molar-refractivity contribution in [2.24, 2.45) is 5.92 Å². The van der Waals surface area contributed by atoms with Crippen LogP contribution in [0.4, 0.5) is 4.79 Å². The fraction of sp³-hybridized carbons (Fsp3) is 0.619. The molecule has 2 N–H and O–H groups in total. The first-order chi connectivity index (χ1) is 13.0. The van der Waals surface area contributed by atoms with E-state index in [9.17, 15) is 9.59 Å². The van der Waals surface area contributed by atoms with Crippen molar-refractivity contribution >= 4 is 12.0 Å². The third-order valence-corrected chi connectivity index (χ3v) is 6.12. The molecule has 1 aromatic carbocycles. The molecule has 1 fully saturated rings. The largest absolute Gasteiger partial charge is 0.480 e. The van der Waals surface area contributed by atoms with Crippen molar-refractivity contribution in [3.63, 3.8) is 0 Å². The highest BCUT2D eigenvalue weighted by Crippen LogP contribution is 2.34. The third kappa shape index (κ3) is 4.61. The Morgan fingerprint density at radius 1 is 1.22 bits per heavy atom. The zero-order chi connectivity index (χ0) is 19.4. The topological polar surface area (TPSA) is 72.9 Å². The molecule has 6 heteroatoms. The molecule has 0 saturated carbocycles. The molecule has 1 aliphatic carbocycles. The van der Waals surface area contributed by atoms with Gasteiger partial charge in [0.1, 0.15) is 0 Å². The molecule has 0 radical (unpaired) electrons. The standard InChI is InChI=1S/C21H31N3O3/c1-3-23(14-19(25)26)17-10-12-24(13-11-17)21(27)22-20-15(2)8-9-16-6-4-5-7-18(16)20/h4-7,15,17,20H,3,8-14H2,1-2H3,(H,22,27)(H,25,26). The molecule has 148 valence electrons. The van der Waals surface area contributed by atoms with Gasteiger partial charge in [-0.25, -0.2) is 4.79 Å². The maximum absolute atomic E-state index is 12.9. The van der Waals surface area contributed by atoms with Gasteiger partial charge in [-0.15, -0.1) is 0 Å². The number of urea groups is 1. The second kappa shape index (κ2) is 8.74. The first-order valence-electron chi connectivity index (χ1n) is 10.1. The summed E-state index contributed by atoms with van der Waals surface area (Å²) in [6.07, 6.45) is 3.81. The number of likely N-dealkylation sites (N-methyl/N-ethyl adjacent to an activating group) is 1. The Bertz CT molecular complexity index is 670. The highest BCUT2D eigenvalue weighted by Gasteiger charge is 2.31. The number of aliphatic carboxylic acids is 1. The second-order valence-corrected chi connectivity index (χ2v) is 7.82. The SMILES string of the molecule is CCN(CC(=O)O)C1CCN(C(=O)NC2c3ccccc3CCC2C)CC1. The Morgan fingerprint density at radius 3 is 2.59 bits per heavy atom. The lowest BCUT2D eigenvalue weighted by atomic mass is 9.81. The number of aryl methyl sites for hydroxylation is 1. The van der Waals surface area contributed by atoms with Crippen LogP contribution in [0.5, 0.6) is 0 Å². The van der Waals surface area contributed by atoms with Crippen molar-refractivity contribution in [3.05, 3.63) is 35.4 Å². The van der Waals surface area contributed by atoms with E-state index in [4.69, 9.17) is 5.11 Å². The second-order valence-electron chi connectivity index (χ2n) is 7.82. The third-order valence-electron chi connectivity index (χ3n) is 6.12. The van der Waals surface area contributed by atoms with Crippen molar-refractivity contribution in [3.8, 4) is 0 Å². The Labute approximate surface area is 161 Å². The van der Waals surface area contributed by atoms with E-state index in [-0.39, 0.29) is 24.7 Å². The maximum atomic E-state index is 12.9. The summed E-state index contributed by atoms with van der Waals surface area (Å²) in [6.45, 7) is 6.34. The molecule has 1 saturated heterocycles. The predicted molar refractivity (Wildman–Crippen MR) is 105 cm³/mol. The fourth-order valence-electron chi connectivity index (χ4n) is 4.47. The lowest BCUT2D eigenvalue weighted by Gasteiger charge is -2.39. The van der Waals surface area contributed by atoms with Gasteiger partial charge in [0.2, 0.25) is 0 Å². The van der Waals surface area contributed by atoms with E-state index >= 15 is 0 Å². The molecule has 1 aromatic rings. The molecule has 27 heavy (non-hydrogen) atoms. The van der Waals surface area contributed by atoms with Crippen LogP contribution in [0.25, 0.3) is 0 Å². The maximum Gasteiger partial charge on any atom is 0.317 e. The van der Waals surface area contributed by atoms with Crippen molar-refractivity contribution < 1.29 is 14.7 Å². The number of carbonyl (C=O) groups excluding carboxylic acids is 1. The molecule has 6 nitrogen and oxygen atoms in total. The number of likely N-dealkylation sites (tertiary alicyclic amines) is 1. The lowest BCUT2D eigenvalue weighted by Crippen LogP contribution is -2.51. The smallest absolute Gasteiger partial charge is 0.317 e. The summed E-state index contributed by atoms with van der Waals surface area (Å²) >= 11 is 0. The molecule has 2 aliphatic rings. The van der Waals surface area contributed by atoms with Gasteiger partial charge < -0.3 is 15.3 Å². The number of piperidine rings is 1. The van der Waals surface area contributed by atoms with Gasteiger partial charge in [0.15, 0.2) is 0 Å². The average molecular weight is 373 g/mol. The molecule has 2 amide bonds. The van der Waals surface area contributed by atoms with Crippen LogP contribution < -0.4 is 5.32 Å². The van der Waals surface area contributed by atoms with E-state index in [1.165, 1.54) is 11.1 Å². The van der Waals surface area contributed by atoms with E-state index in [1.807, 2.05) is 22.8 Å². The number of rotatable bonds is 5. The van der Waals surface area contributed by atoms with Crippen molar-refractivity contribution in [1.29, 1.82) is 0 Å². The minimum atomic E-state index is -0.790. The normalized spacial score (nSPS) is 23.1. The number of nitrogens with one attached hydrogen (secondary N) is 1. The number of hydrogen-bond donors (Lipinski definition) is 2. The van der Waals surface area contributed by atoms with Gasteiger partial charge in [-0.1, -0.05) is 38.1 Å². The average Bonchev–Trinajstić information content (AvgIpc) is 2.68. The summed E-state index contributed by atoms with van der Waals surface area (Å²) in [5.41, 5.74) is 2.59. The van der Waals surface area contributed by atoms with Gasteiger partial charge >= 0.3 is 12.0 Å². The van der Waals surface area contributed by atoms with Crippen LogP contribution >= 0.6 is 0 Å². The highest BCUT2D eigenvalue weighted by atomic mass is 16.4. The number of hydrogen-bond acceptors (Lipinski definition) is 3. The van der Waals surface area contributed by atoms with Crippen LogP contribution in [0, 0.1) is 5.92 Å². The summed E-state index contributed by atoms with van der Waals surface area (Å²) in [4.78, 5) is 27.8. The Balaban J connectivity index is 1.58. The van der Waals surface area contributed by atoms with E-state index in [2.05, 4.69) is 30.4 Å². The van der Waals surface area contributed by atoms with Gasteiger partial charge in [0, 0.05) is 19.1 Å². The van der Waals surface area contributed by atoms with Gasteiger partial charge in [0.25, 0.3) is 0 Å². The Hall–Kier alpha value is -2.08. The molecule has 0 aromatic heterocycles. The first-order valence-corrected chi connectivity index (χ1v) is 10.1. The molecular formula is C21H31N3O3. The molecule has 0 bridgehead atoms. The Kier molecular flexibility index (Phi) is 6.37. The molecule has 0 spiro atoms.